The Labute approximate surface area is 119 Å². The quantitative estimate of drug-likeness (QED) is 0.925. The molecular weight excluding hydrogens is 260 g/mol. The van der Waals surface area contributed by atoms with Crippen molar-refractivity contribution in [3.05, 3.63) is 34.9 Å². The van der Waals surface area contributed by atoms with Crippen molar-refractivity contribution in [2.45, 2.75) is 38.3 Å². The van der Waals surface area contributed by atoms with Gasteiger partial charge in [0.1, 0.15) is 0 Å². The molecule has 2 rings (SSSR count). The predicted octanol–water partition coefficient (Wildman–Crippen LogP) is 2.82. The smallest absolute Gasteiger partial charge is 0.225 e. The number of hydrogen-bond donors (Lipinski definition) is 1. The lowest BCUT2D eigenvalue weighted by Gasteiger charge is -2.29. The van der Waals surface area contributed by atoms with Crippen LogP contribution in [0.5, 0.6) is 0 Å². The molecule has 104 valence electrons. The molecule has 2 unspecified atom stereocenters. The van der Waals surface area contributed by atoms with E-state index < -0.39 is 0 Å². The van der Waals surface area contributed by atoms with Crippen LogP contribution in [-0.4, -0.2) is 23.9 Å². The van der Waals surface area contributed by atoms with Crippen molar-refractivity contribution < 1.29 is 4.79 Å². The van der Waals surface area contributed by atoms with Crippen LogP contribution in [0.4, 0.5) is 0 Å². The third-order valence-corrected chi connectivity index (χ3v) is 4.17. The number of carbonyl (C=O) groups excluding carboxylic acids is 1. The highest BCUT2D eigenvalue weighted by Crippen LogP contribution is 2.25. The lowest BCUT2D eigenvalue weighted by molar-refractivity contribution is -0.135. The van der Waals surface area contributed by atoms with Gasteiger partial charge >= 0.3 is 0 Å². The predicted molar refractivity (Wildman–Crippen MR) is 77.9 cm³/mol. The van der Waals surface area contributed by atoms with E-state index >= 15 is 0 Å². The van der Waals surface area contributed by atoms with E-state index in [1.54, 1.807) is 4.90 Å². The molecule has 1 amide bonds. The highest BCUT2D eigenvalue weighted by atomic mass is 35.5. The molecular formula is C15H21ClN2O. The van der Waals surface area contributed by atoms with Crippen molar-refractivity contribution in [2.24, 2.45) is 11.7 Å². The maximum Gasteiger partial charge on any atom is 0.225 e. The van der Waals surface area contributed by atoms with E-state index in [2.05, 4.69) is 0 Å². The van der Waals surface area contributed by atoms with Crippen molar-refractivity contribution in [1.29, 1.82) is 0 Å². The van der Waals surface area contributed by atoms with E-state index in [4.69, 9.17) is 17.3 Å². The molecule has 19 heavy (non-hydrogen) atoms. The first kappa shape index (κ1) is 14.4. The number of rotatable bonds is 3. The van der Waals surface area contributed by atoms with Crippen LogP contribution in [0.15, 0.2) is 24.3 Å². The number of amides is 1. The van der Waals surface area contributed by atoms with Crippen LogP contribution in [0.3, 0.4) is 0 Å². The van der Waals surface area contributed by atoms with E-state index in [9.17, 15) is 4.79 Å². The van der Waals surface area contributed by atoms with Gasteiger partial charge in [0.2, 0.25) is 5.91 Å². The van der Waals surface area contributed by atoms with Crippen LogP contribution in [0.1, 0.15) is 31.2 Å². The van der Waals surface area contributed by atoms with Crippen molar-refractivity contribution in [3.8, 4) is 0 Å². The largest absolute Gasteiger partial charge is 0.341 e. The Morgan fingerprint density at radius 3 is 2.84 bits per heavy atom. The fraction of sp³-hybridized carbons (Fsp3) is 0.533. The number of halogens is 1. The number of hydrogen-bond acceptors (Lipinski definition) is 2. The second-order valence-electron chi connectivity index (χ2n) is 5.41. The Hall–Kier alpha value is -1.06. The average Bonchev–Trinajstić information content (AvgIpc) is 2.40. The topological polar surface area (TPSA) is 46.3 Å². The Bertz CT molecular complexity index is 450. The summed E-state index contributed by atoms with van der Waals surface area (Å²) < 4.78 is 0. The molecule has 1 aliphatic rings. The van der Waals surface area contributed by atoms with E-state index in [1.165, 1.54) is 0 Å². The third kappa shape index (κ3) is 3.71. The summed E-state index contributed by atoms with van der Waals surface area (Å²) in [5.41, 5.74) is 6.93. The van der Waals surface area contributed by atoms with Gasteiger partial charge in [0, 0.05) is 30.6 Å². The first-order valence-corrected chi connectivity index (χ1v) is 7.19. The molecule has 0 heterocycles. The first-order valence-electron chi connectivity index (χ1n) is 6.82. The molecule has 3 nitrogen and oxygen atoms in total. The second kappa shape index (κ2) is 6.40. The van der Waals surface area contributed by atoms with Gasteiger partial charge in [0.05, 0.1) is 0 Å². The van der Waals surface area contributed by atoms with Crippen LogP contribution in [0.2, 0.25) is 5.02 Å². The molecule has 0 saturated heterocycles. The van der Waals surface area contributed by atoms with Gasteiger partial charge in [0.15, 0.2) is 0 Å². The van der Waals surface area contributed by atoms with E-state index in [0.29, 0.717) is 11.6 Å². The number of carbonyl (C=O) groups is 1. The molecule has 4 heteroatoms. The fourth-order valence-corrected chi connectivity index (χ4v) is 2.92. The van der Waals surface area contributed by atoms with Crippen molar-refractivity contribution >= 4 is 17.5 Å². The number of benzene rings is 1. The van der Waals surface area contributed by atoms with Gasteiger partial charge < -0.3 is 10.6 Å². The van der Waals surface area contributed by atoms with Crippen molar-refractivity contribution in [1.82, 2.24) is 4.90 Å². The molecule has 1 saturated carbocycles. The summed E-state index contributed by atoms with van der Waals surface area (Å²) >= 11 is 6.12. The molecule has 0 spiro atoms. The maximum atomic E-state index is 12.4. The van der Waals surface area contributed by atoms with Gasteiger partial charge in [-0.25, -0.2) is 0 Å². The van der Waals surface area contributed by atoms with Gasteiger partial charge in [0.25, 0.3) is 0 Å². The molecule has 1 aromatic rings. The molecule has 0 radical (unpaired) electrons. The van der Waals surface area contributed by atoms with Crippen LogP contribution in [0.25, 0.3) is 0 Å². The summed E-state index contributed by atoms with van der Waals surface area (Å²) in [4.78, 5) is 14.2. The van der Waals surface area contributed by atoms with E-state index in [0.717, 1.165) is 31.2 Å². The molecule has 1 fully saturated rings. The fourth-order valence-electron chi connectivity index (χ4n) is 2.72. The lowest BCUT2D eigenvalue weighted by atomic mass is 9.85. The molecule has 1 aliphatic carbocycles. The molecule has 2 atom stereocenters. The summed E-state index contributed by atoms with van der Waals surface area (Å²) in [6, 6.07) is 7.82. The van der Waals surface area contributed by atoms with Gasteiger partial charge in [-0.3, -0.25) is 4.79 Å². The van der Waals surface area contributed by atoms with Gasteiger partial charge in [-0.2, -0.15) is 0 Å². The zero-order chi connectivity index (χ0) is 13.8. The van der Waals surface area contributed by atoms with E-state index in [-0.39, 0.29) is 17.9 Å². The minimum absolute atomic E-state index is 0.0798. The zero-order valence-corrected chi connectivity index (χ0v) is 12.1. The van der Waals surface area contributed by atoms with Crippen LogP contribution >= 0.6 is 11.6 Å². The minimum Gasteiger partial charge on any atom is -0.341 e. The average molecular weight is 281 g/mol. The Balaban J connectivity index is 1.97. The second-order valence-corrected chi connectivity index (χ2v) is 5.82. The third-order valence-electron chi connectivity index (χ3n) is 3.81. The Morgan fingerprint density at radius 1 is 1.42 bits per heavy atom. The van der Waals surface area contributed by atoms with Crippen LogP contribution < -0.4 is 5.73 Å². The van der Waals surface area contributed by atoms with Crippen molar-refractivity contribution in [3.63, 3.8) is 0 Å². The summed E-state index contributed by atoms with van der Waals surface area (Å²) in [6.45, 7) is 0.560. The molecule has 2 N–H and O–H groups in total. The maximum absolute atomic E-state index is 12.4. The standard InChI is InChI=1S/C15H21ClN2O/c1-18(10-12-5-2-3-8-14(12)16)15(19)11-6-4-7-13(17)9-11/h2-3,5,8,11,13H,4,6-7,9-10,17H2,1H3. The molecule has 0 bridgehead atoms. The molecule has 0 aromatic heterocycles. The summed E-state index contributed by atoms with van der Waals surface area (Å²) in [5, 5.41) is 0.711. The van der Waals surface area contributed by atoms with Crippen LogP contribution in [0, 0.1) is 5.92 Å². The number of nitrogens with zero attached hydrogens (tertiary/aromatic N) is 1. The Kier molecular flexibility index (Phi) is 4.83. The minimum atomic E-state index is 0.0798. The van der Waals surface area contributed by atoms with Crippen molar-refractivity contribution in [2.75, 3.05) is 7.05 Å². The van der Waals surface area contributed by atoms with Crippen LogP contribution in [-0.2, 0) is 11.3 Å². The Morgan fingerprint density at radius 2 is 2.16 bits per heavy atom. The van der Waals surface area contributed by atoms with Gasteiger partial charge in [-0.05, 0) is 30.9 Å². The monoisotopic (exact) mass is 280 g/mol. The summed E-state index contributed by atoms with van der Waals surface area (Å²) in [6.07, 6.45) is 3.86. The highest BCUT2D eigenvalue weighted by Gasteiger charge is 2.27. The zero-order valence-electron chi connectivity index (χ0n) is 11.3. The normalized spacial score (nSPS) is 23.1. The number of nitrogens with two attached hydrogens (primary N) is 1. The highest BCUT2D eigenvalue weighted by molar-refractivity contribution is 6.31. The van der Waals surface area contributed by atoms with E-state index in [1.807, 2.05) is 31.3 Å². The summed E-state index contributed by atoms with van der Waals surface area (Å²) in [5.74, 6) is 0.270. The lowest BCUT2D eigenvalue weighted by Crippen LogP contribution is -2.38. The molecule has 0 aliphatic heterocycles. The summed E-state index contributed by atoms with van der Waals surface area (Å²) in [7, 11) is 1.84. The SMILES string of the molecule is CN(Cc1ccccc1Cl)C(=O)C1CCCC(N)C1. The van der Waals surface area contributed by atoms with Gasteiger partial charge in [-0.1, -0.05) is 36.2 Å². The molecule has 1 aromatic carbocycles. The first-order chi connectivity index (χ1) is 9.08. The van der Waals surface area contributed by atoms with Gasteiger partial charge in [-0.15, -0.1) is 0 Å².